The molecule has 1 aromatic rings. The molecule has 0 bridgehead atoms. The molecule has 1 atom stereocenters. The van der Waals surface area contributed by atoms with E-state index < -0.39 is 0 Å². The molecule has 1 unspecified atom stereocenters. The zero-order chi connectivity index (χ0) is 19.5. The Kier molecular flexibility index (Phi) is 12.1. The van der Waals surface area contributed by atoms with Crippen molar-refractivity contribution in [2.45, 2.75) is 33.3 Å². The quantitative estimate of drug-likeness (QED) is 0.255. The van der Waals surface area contributed by atoms with Crippen LogP contribution in [0.2, 0.25) is 0 Å². The summed E-state index contributed by atoms with van der Waals surface area (Å²) in [5, 5.41) is 3.37. The fourth-order valence-corrected chi connectivity index (χ4v) is 3.17. The number of carbonyl (C=O) groups excluding carboxylic acids is 1. The van der Waals surface area contributed by atoms with E-state index in [1.54, 1.807) is 0 Å². The number of hydrogen-bond donors (Lipinski definition) is 1. The van der Waals surface area contributed by atoms with Gasteiger partial charge in [-0.1, -0.05) is 37.3 Å². The molecule has 1 aliphatic rings. The minimum Gasteiger partial charge on any atom is -0.469 e. The van der Waals surface area contributed by atoms with Crippen molar-refractivity contribution in [3.8, 4) is 0 Å². The maximum atomic E-state index is 11.7. The molecule has 0 radical (unpaired) electrons. The van der Waals surface area contributed by atoms with Gasteiger partial charge in [0.1, 0.15) is 0 Å². The second-order valence-corrected chi connectivity index (χ2v) is 7.09. The maximum absolute atomic E-state index is 11.7. The van der Waals surface area contributed by atoms with Crippen molar-refractivity contribution < 1.29 is 14.3 Å². The summed E-state index contributed by atoms with van der Waals surface area (Å²) in [6, 6.07) is 10.2. The lowest BCUT2D eigenvalue weighted by molar-refractivity contribution is -0.146. The topological polar surface area (TPSA) is 63.2 Å². The van der Waals surface area contributed by atoms with Crippen molar-refractivity contribution in [2.75, 3.05) is 39.9 Å². The predicted molar refractivity (Wildman–Crippen MR) is 123 cm³/mol. The summed E-state index contributed by atoms with van der Waals surface area (Å²) in [5.74, 6) is 1.19. The number of hydrogen-bond acceptors (Lipinski definition) is 4. The number of halogens is 1. The van der Waals surface area contributed by atoms with Gasteiger partial charge in [-0.3, -0.25) is 9.79 Å². The lowest BCUT2D eigenvalue weighted by Crippen LogP contribution is -2.46. The van der Waals surface area contributed by atoms with Gasteiger partial charge in [-0.05, 0) is 31.2 Å². The summed E-state index contributed by atoms with van der Waals surface area (Å²) in [4.78, 5) is 18.7. The van der Waals surface area contributed by atoms with Crippen LogP contribution in [0.15, 0.2) is 35.3 Å². The zero-order valence-corrected chi connectivity index (χ0v) is 19.6. The Labute approximate surface area is 186 Å². The summed E-state index contributed by atoms with van der Waals surface area (Å²) >= 11 is 0. The van der Waals surface area contributed by atoms with E-state index in [9.17, 15) is 4.79 Å². The van der Waals surface area contributed by atoms with Gasteiger partial charge in [-0.15, -0.1) is 24.0 Å². The van der Waals surface area contributed by atoms with Crippen LogP contribution in [0.4, 0.5) is 0 Å². The average molecular weight is 503 g/mol. The molecular formula is C21H34IN3O3. The highest BCUT2D eigenvalue weighted by molar-refractivity contribution is 14.0. The van der Waals surface area contributed by atoms with E-state index in [1.807, 2.05) is 18.2 Å². The number of likely N-dealkylation sites (tertiary alicyclic amines) is 1. The number of benzene rings is 1. The summed E-state index contributed by atoms with van der Waals surface area (Å²) in [7, 11) is 1.46. The number of esters is 1. The van der Waals surface area contributed by atoms with Crippen LogP contribution in [0.5, 0.6) is 0 Å². The standard InChI is InChI=1S/C21H33N3O3.HI/c1-4-22-21(24-12-10-19(11-13-24)20(25)26-3)23-14-17(2)15-27-16-18-8-6-5-7-9-18;/h5-9,17,19H,4,10-16H2,1-3H3,(H,22,23);1H. The monoisotopic (exact) mass is 503 g/mol. The Morgan fingerprint density at radius 1 is 1.29 bits per heavy atom. The molecule has 1 fully saturated rings. The highest BCUT2D eigenvalue weighted by atomic mass is 127. The van der Waals surface area contributed by atoms with Crippen LogP contribution in [0.3, 0.4) is 0 Å². The predicted octanol–water partition coefficient (Wildman–Crippen LogP) is 3.31. The zero-order valence-electron chi connectivity index (χ0n) is 17.2. The Bertz CT molecular complexity index is 590. The third-order valence-corrected chi connectivity index (χ3v) is 4.73. The number of nitrogens with one attached hydrogen (secondary N) is 1. The van der Waals surface area contributed by atoms with E-state index in [0.717, 1.165) is 38.4 Å². The number of carbonyl (C=O) groups is 1. The minimum absolute atomic E-state index is 0. The van der Waals surface area contributed by atoms with Crippen molar-refractivity contribution in [3.05, 3.63) is 35.9 Å². The van der Waals surface area contributed by atoms with Crippen molar-refractivity contribution in [3.63, 3.8) is 0 Å². The van der Waals surface area contributed by atoms with Crippen LogP contribution in [0.1, 0.15) is 32.3 Å². The first-order valence-corrected chi connectivity index (χ1v) is 9.86. The fraction of sp³-hybridized carbons (Fsp3) is 0.619. The summed E-state index contributed by atoms with van der Waals surface area (Å²) in [5.41, 5.74) is 1.19. The fourth-order valence-electron chi connectivity index (χ4n) is 3.17. The Balaban J connectivity index is 0.00000392. The Morgan fingerprint density at radius 3 is 2.57 bits per heavy atom. The number of nitrogens with zero attached hydrogens (tertiary/aromatic N) is 2. The Hall–Kier alpha value is -1.35. The molecule has 1 heterocycles. The molecule has 1 N–H and O–H groups in total. The highest BCUT2D eigenvalue weighted by Crippen LogP contribution is 2.18. The summed E-state index contributed by atoms with van der Waals surface area (Å²) < 4.78 is 10.7. The van der Waals surface area contributed by atoms with E-state index in [4.69, 9.17) is 14.5 Å². The Morgan fingerprint density at radius 2 is 1.96 bits per heavy atom. The molecule has 0 spiro atoms. The first-order chi connectivity index (χ1) is 13.1. The molecule has 0 aliphatic carbocycles. The second kappa shape index (κ2) is 13.8. The molecule has 2 rings (SSSR count). The number of piperidine rings is 1. The van der Waals surface area contributed by atoms with Gasteiger partial charge in [0.25, 0.3) is 0 Å². The van der Waals surface area contributed by atoms with E-state index in [2.05, 4.69) is 36.2 Å². The van der Waals surface area contributed by atoms with Crippen molar-refractivity contribution in [1.82, 2.24) is 10.2 Å². The molecule has 1 aliphatic heterocycles. The van der Waals surface area contributed by atoms with Gasteiger partial charge in [0, 0.05) is 26.2 Å². The van der Waals surface area contributed by atoms with Crippen LogP contribution in [0.25, 0.3) is 0 Å². The van der Waals surface area contributed by atoms with Gasteiger partial charge in [-0.2, -0.15) is 0 Å². The number of rotatable bonds is 8. The molecule has 1 aromatic carbocycles. The molecule has 158 valence electrons. The lowest BCUT2D eigenvalue weighted by Gasteiger charge is -2.33. The molecule has 1 saturated heterocycles. The van der Waals surface area contributed by atoms with Crippen molar-refractivity contribution in [2.24, 2.45) is 16.8 Å². The molecule has 7 heteroatoms. The van der Waals surface area contributed by atoms with Crippen LogP contribution in [0, 0.1) is 11.8 Å². The molecule has 0 amide bonds. The van der Waals surface area contributed by atoms with E-state index in [-0.39, 0.29) is 35.9 Å². The highest BCUT2D eigenvalue weighted by Gasteiger charge is 2.26. The van der Waals surface area contributed by atoms with Gasteiger partial charge < -0.3 is 19.7 Å². The minimum atomic E-state index is -0.0965. The number of guanidine groups is 1. The first-order valence-electron chi connectivity index (χ1n) is 9.86. The lowest BCUT2D eigenvalue weighted by atomic mass is 9.97. The largest absolute Gasteiger partial charge is 0.469 e. The van der Waals surface area contributed by atoms with Gasteiger partial charge in [0.05, 0.1) is 26.2 Å². The van der Waals surface area contributed by atoms with Crippen molar-refractivity contribution in [1.29, 1.82) is 0 Å². The van der Waals surface area contributed by atoms with E-state index in [1.165, 1.54) is 12.7 Å². The molecule has 6 nitrogen and oxygen atoms in total. The molecule has 28 heavy (non-hydrogen) atoms. The van der Waals surface area contributed by atoms with Gasteiger partial charge in [0.15, 0.2) is 5.96 Å². The first kappa shape index (κ1) is 24.7. The van der Waals surface area contributed by atoms with Crippen LogP contribution >= 0.6 is 24.0 Å². The number of aliphatic imine (C=N–C) groups is 1. The SMILES string of the molecule is CCNC(=NCC(C)COCc1ccccc1)N1CCC(C(=O)OC)CC1.I. The van der Waals surface area contributed by atoms with E-state index >= 15 is 0 Å². The second-order valence-electron chi connectivity index (χ2n) is 7.09. The van der Waals surface area contributed by atoms with Crippen LogP contribution in [-0.4, -0.2) is 56.7 Å². The molecule has 0 saturated carbocycles. The smallest absolute Gasteiger partial charge is 0.308 e. The third-order valence-electron chi connectivity index (χ3n) is 4.73. The van der Waals surface area contributed by atoms with Crippen LogP contribution < -0.4 is 5.32 Å². The molecular weight excluding hydrogens is 469 g/mol. The van der Waals surface area contributed by atoms with Crippen molar-refractivity contribution >= 4 is 35.9 Å². The van der Waals surface area contributed by atoms with Crippen LogP contribution in [-0.2, 0) is 20.9 Å². The third kappa shape index (κ3) is 8.34. The van der Waals surface area contributed by atoms with E-state index in [0.29, 0.717) is 25.7 Å². The molecule has 0 aromatic heterocycles. The number of ether oxygens (including phenoxy) is 2. The normalized spacial score (nSPS) is 16.2. The van der Waals surface area contributed by atoms with Gasteiger partial charge in [-0.25, -0.2) is 0 Å². The average Bonchev–Trinajstić information content (AvgIpc) is 2.71. The number of methoxy groups -OCH3 is 1. The maximum Gasteiger partial charge on any atom is 0.308 e. The summed E-state index contributed by atoms with van der Waals surface area (Å²) in [6.45, 7) is 8.74. The summed E-state index contributed by atoms with van der Waals surface area (Å²) in [6.07, 6.45) is 1.62. The van der Waals surface area contributed by atoms with Gasteiger partial charge >= 0.3 is 5.97 Å². The van der Waals surface area contributed by atoms with Gasteiger partial charge in [0.2, 0.25) is 0 Å².